The molecule has 0 aromatic heterocycles. The lowest BCUT2D eigenvalue weighted by atomic mass is 10.2. The Kier molecular flexibility index (Phi) is 3.60. The van der Waals surface area contributed by atoms with Crippen molar-refractivity contribution in [2.45, 2.75) is 19.4 Å². The van der Waals surface area contributed by atoms with Crippen LogP contribution in [0.1, 0.15) is 13.3 Å². The molecule has 0 spiro atoms. The first-order valence-corrected chi connectivity index (χ1v) is 4.33. The van der Waals surface area contributed by atoms with E-state index in [9.17, 15) is 13.6 Å². The van der Waals surface area contributed by atoms with E-state index in [0.29, 0.717) is 0 Å². The Hall–Kier alpha value is -1.65. The minimum absolute atomic E-state index is 0.312. The molecule has 1 aromatic rings. The van der Waals surface area contributed by atoms with E-state index in [2.05, 4.69) is 0 Å². The van der Waals surface area contributed by atoms with Crippen molar-refractivity contribution in [1.82, 2.24) is 0 Å². The lowest BCUT2D eigenvalue weighted by molar-refractivity contribution is -0.138. The Morgan fingerprint density at radius 3 is 2.47 bits per heavy atom. The summed E-state index contributed by atoms with van der Waals surface area (Å²) in [6.45, 7) is 1.43. The van der Waals surface area contributed by atoms with E-state index < -0.39 is 29.5 Å². The number of benzene rings is 1. The Labute approximate surface area is 85.3 Å². The highest BCUT2D eigenvalue weighted by Crippen LogP contribution is 2.22. The fourth-order valence-electron chi connectivity index (χ4n) is 1.08. The van der Waals surface area contributed by atoms with Gasteiger partial charge in [-0.05, 0) is 19.1 Å². The average molecular weight is 216 g/mol. The second kappa shape index (κ2) is 4.72. The summed E-state index contributed by atoms with van der Waals surface area (Å²) in [6, 6.07) is 3.30. The molecule has 0 aliphatic carbocycles. The number of halogens is 2. The largest absolute Gasteiger partial charge is 0.484 e. The lowest BCUT2D eigenvalue weighted by Crippen LogP contribution is -2.17. The SMILES string of the molecule is C[C@@H](CC(=O)O)Oc1c(F)cccc1F. The van der Waals surface area contributed by atoms with Crippen LogP contribution in [0.2, 0.25) is 0 Å². The van der Waals surface area contributed by atoms with Gasteiger partial charge in [0.05, 0.1) is 6.42 Å². The number of hydrogen-bond donors (Lipinski definition) is 1. The molecule has 0 saturated carbocycles. The van der Waals surface area contributed by atoms with Gasteiger partial charge in [-0.2, -0.15) is 0 Å². The van der Waals surface area contributed by atoms with E-state index in [0.717, 1.165) is 12.1 Å². The van der Waals surface area contributed by atoms with Crippen molar-refractivity contribution in [1.29, 1.82) is 0 Å². The molecule has 0 unspecified atom stereocenters. The second-order valence-electron chi connectivity index (χ2n) is 3.08. The van der Waals surface area contributed by atoms with Gasteiger partial charge in [0.2, 0.25) is 0 Å². The van der Waals surface area contributed by atoms with Crippen LogP contribution in [-0.4, -0.2) is 17.2 Å². The van der Waals surface area contributed by atoms with E-state index in [-0.39, 0.29) is 6.42 Å². The fourth-order valence-corrected chi connectivity index (χ4v) is 1.08. The standard InChI is InChI=1S/C10H10F2O3/c1-6(5-9(13)14)15-10-7(11)3-2-4-8(10)12/h2-4,6H,5H2,1H3,(H,13,14)/t6-/m0/s1. The summed E-state index contributed by atoms with van der Waals surface area (Å²) in [5.41, 5.74) is 0. The van der Waals surface area contributed by atoms with Gasteiger partial charge in [-0.3, -0.25) is 4.79 Å². The van der Waals surface area contributed by atoms with Crippen LogP contribution in [0.15, 0.2) is 18.2 Å². The van der Waals surface area contributed by atoms with Crippen LogP contribution in [-0.2, 0) is 4.79 Å². The van der Waals surface area contributed by atoms with Crippen molar-refractivity contribution in [2.24, 2.45) is 0 Å². The smallest absolute Gasteiger partial charge is 0.307 e. The summed E-state index contributed by atoms with van der Waals surface area (Å²) in [7, 11) is 0. The van der Waals surface area contributed by atoms with Crippen molar-refractivity contribution in [3.05, 3.63) is 29.8 Å². The van der Waals surface area contributed by atoms with Crippen molar-refractivity contribution in [2.75, 3.05) is 0 Å². The number of para-hydroxylation sites is 1. The zero-order valence-corrected chi connectivity index (χ0v) is 8.04. The highest BCUT2D eigenvalue weighted by atomic mass is 19.1. The number of rotatable bonds is 4. The molecule has 0 heterocycles. The van der Waals surface area contributed by atoms with Gasteiger partial charge in [-0.15, -0.1) is 0 Å². The van der Waals surface area contributed by atoms with Crippen LogP contribution < -0.4 is 4.74 Å². The van der Waals surface area contributed by atoms with Gasteiger partial charge in [0.15, 0.2) is 17.4 Å². The van der Waals surface area contributed by atoms with Gasteiger partial charge in [-0.1, -0.05) is 6.07 Å². The molecule has 15 heavy (non-hydrogen) atoms. The van der Waals surface area contributed by atoms with Crippen molar-refractivity contribution in [3.8, 4) is 5.75 Å². The number of carboxylic acid groups (broad SMARTS) is 1. The minimum atomic E-state index is -1.08. The van der Waals surface area contributed by atoms with Gasteiger partial charge in [-0.25, -0.2) is 8.78 Å². The predicted molar refractivity (Wildman–Crippen MR) is 48.7 cm³/mol. The quantitative estimate of drug-likeness (QED) is 0.839. The van der Waals surface area contributed by atoms with E-state index in [4.69, 9.17) is 9.84 Å². The first-order valence-electron chi connectivity index (χ1n) is 4.33. The topological polar surface area (TPSA) is 46.5 Å². The lowest BCUT2D eigenvalue weighted by Gasteiger charge is -2.13. The molecule has 82 valence electrons. The Bertz CT molecular complexity index is 345. The Morgan fingerprint density at radius 1 is 1.47 bits per heavy atom. The van der Waals surface area contributed by atoms with Gasteiger partial charge in [0, 0.05) is 0 Å². The first-order chi connectivity index (χ1) is 7.00. The van der Waals surface area contributed by atoms with Gasteiger partial charge < -0.3 is 9.84 Å². The molecule has 0 aliphatic heterocycles. The molecule has 0 aliphatic rings. The predicted octanol–water partition coefficient (Wildman–Crippen LogP) is 2.21. The van der Waals surface area contributed by atoms with E-state index in [1.54, 1.807) is 0 Å². The molecule has 0 amide bonds. The highest BCUT2D eigenvalue weighted by Gasteiger charge is 2.15. The highest BCUT2D eigenvalue weighted by molar-refractivity contribution is 5.67. The fraction of sp³-hybridized carbons (Fsp3) is 0.300. The van der Waals surface area contributed by atoms with Crippen LogP contribution in [0, 0.1) is 11.6 Å². The maximum atomic E-state index is 13.0. The summed E-state index contributed by atoms with van der Waals surface area (Å²) in [5.74, 6) is -3.30. The number of aliphatic carboxylic acids is 1. The van der Waals surface area contributed by atoms with Crippen LogP contribution in [0.5, 0.6) is 5.75 Å². The summed E-state index contributed by atoms with van der Waals surface area (Å²) in [4.78, 5) is 10.3. The van der Waals surface area contributed by atoms with Crippen LogP contribution in [0.3, 0.4) is 0 Å². The molecule has 1 N–H and O–H groups in total. The monoisotopic (exact) mass is 216 g/mol. The second-order valence-corrected chi connectivity index (χ2v) is 3.08. The summed E-state index contributed by atoms with van der Waals surface area (Å²) in [6.07, 6.45) is -1.10. The van der Waals surface area contributed by atoms with Gasteiger partial charge in [0.1, 0.15) is 6.10 Å². The molecule has 1 aromatic carbocycles. The summed E-state index contributed by atoms with van der Waals surface area (Å²) >= 11 is 0. The van der Waals surface area contributed by atoms with Gasteiger partial charge in [0.25, 0.3) is 0 Å². The average Bonchev–Trinajstić information content (AvgIpc) is 2.10. The van der Waals surface area contributed by atoms with E-state index in [1.807, 2.05) is 0 Å². The first kappa shape index (κ1) is 11.4. The number of carboxylic acids is 1. The third-order valence-corrected chi connectivity index (χ3v) is 1.70. The number of carbonyl (C=O) groups is 1. The molecule has 0 radical (unpaired) electrons. The van der Waals surface area contributed by atoms with Crippen molar-refractivity contribution in [3.63, 3.8) is 0 Å². The van der Waals surface area contributed by atoms with E-state index in [1.165, 1.54) is 13.0 Å². The Balaban J connectivity index is 2.76. The zero-order valence-electron chi connectivity index (χ0n) is 8.04. The zero-order chi connectivity index (χ0) is 11.4. The number of ether oxygens (including phenoxy) is 1. The van der Waals surface area contributed by atoms with Crippen LogP contribution in [0.4, 0.5) is 8.78 Å². The van der Waals surface area contributed by atoms with Crippen LogP contribution in [0.25, 0.3) is 0 Å². The number of hydrogen-bond acceptors (Lipinski definition) is 2. The molecule has 1 atom stereocenters. The molecule has 5 heteroatoms. The Morgan fingerprint density at radius 2 is 2.00 bits per heavy atom. The summed E-state index contributed by atoms with van der Waals surface area (Å²) in [5, 5.41) is 8.43. The van der Waals surface area contributed by atoms with Gasteiger partial charge >= 0.3 is 5.97 Å². The van der Waals surface area contributed by atoms with Crippen molar-refractivity contribution >= 4 is 5.97 Å². The maximum absolute atomic E-state index is 13.0. The molecular weight excluding hydrogens is 206 g/mol. The molecule has 3 nitrogen and oxygen atoms in total. The van der Waals surface area contributed by atoms with Crippen molar-refractivity contribution < 1.29 is 23.4 Å². The molecular formula is C10H10F2O3. The van der Waals surface area contributed by atoms with Crippen LogP contribution >= 0.6 is 0 Å². The minimum Gasteiger partial charge on any atom is -0.484 e. The normalized spacial score (nSPS) is 12.2. The van der Waals surface area contributed by atoms with E-state index >= 15 is 0 Å². The molecule has 1 rings (SSSR count). The molecule has 0 saturated heterocycles. The third-order valence-electron chi connectivity index (χ3n) is 1.70. The summed E-state index contributed by atoms with van der Waals surface area (Å²) < 4.78 is 30.9. The molecule has 0 fully saturated rings. The maximum Gasteiger partial charge on any atom is 0.307 e. The molecule has 0 bridgehead atoms. The third kappa shape index (κ3) is 3.19.